The molecule has 54 valence electrons. The Balaban J connectivity index is 2.34. The number of nitrogens with zero attached hydrogens (tertiary/aromatic N) is 1. The fourth-order valence-electron chi connectivity index (χ4n) is 0.973. The van der Waals surface area contributed by atoms with E-state index < -0.39 is 0 Å². The van der Waals surface area contributed by atoms with Crippen molar-refractivity contribution in [2.45, 2.75) is 25.2 Å². The van der Waals surface area contributed by atoms with Gasteiger partial charge in [0.1, 0.15) is 6.26 Å². The van der Waals surface area contributed by atoms with Crippen LogP contribution in [-0.4, -0.2) is 4.98 Å². The van der Waals surface area contributed by atoms with Gasteiger partial charge in [-0.25, -0.2) is 4.98 Å². The molecule has 1 fully saturated rings. The van der Waals surface area contributed by atoms with Gasteiger partial charge in [0.2, 0.25) is 0 Å². The molecule has 2 nitrogen and oxygen atoms in total. The highest BCUT2D eigenvalue weighted by atomic mass is 127. The van der Waals surface area contributed by atoms with E-state index in [0.29, 0.717) is 5.41 Å². The quantitative estimate of drug-likeness (QED) is 0.714. The summed E-state index contributed by atoms with van der Waals surface area (Å²) in [7, 11) is 0. The van der Waals surface area contributed by atoms with Gasteiger partial charge in [-0.2, -0.15) is 0 Å². The number of oxazole rings is 1. The van der Waals surface area contributed by atoms with Crippen LogP contribution in [0.5, 0.6) is 0 Å². The van der Waals surface area contributed by atoms with E-state index in [0.717, 1.165) is 9.59 Å². The van der Waals surface area contributed by atoms with Crippen molar-refractivity contribution in [1.29, 1.82) is 0 Å². The Morgan fingerprint density at radius 2 is 2.40 bits per heavy atom. The molecule has 0 atom stereocenters. The zero-order valence-corrected chi connectivity index (χ0v) is 7.88. The number of halogens is 1. The van der Waals surface area contributed by atoms with Gasteiger partial charge >= 0.3 is 0 Å². The minimum Gasteiger partial charge on any atom is -0.440 e. The van der Waals surface area contributed by atoms with Crippen LogP contribution >= 0.6 is 22.6 Å². The number of hydrogen-bond donors (Lipinski definition) is 0. The molecule has 0 aliphatic heterocycles. The maximum atomic E-state index is 5.11. The van der Waals surface area contributed by atoms with Gasteiger partial charge in [-0.1, -0.05) is 6.92 Å². The van der Waals surface area contributed by atoms with Crippen molar-refractivity contribution in [1.82, 2.24) is 4.98 Å². The lowest BCUT2D eigenvalue weighted by molar-refractivity contribution is 0.523. The van der Waals surface area contributed by atoms with Crippen LogP contribution < -0.4 is 0 Å². The van der Waals surface area contributed by atoms with Crippen LogP contribution in [0.15, 0.2) is 10.7 Å². The molecule has 0 N–H and O–H groups in total. The van der Waals surface area contributed by atoms with Crippen LogP contribution in [0.4, 0.5) is 0 Å². The van der Waals surface area contributed by atoms with Gasteiger partial charge in [0.25, 0.3) is 3.90 Å². The third-order valence-electron chi connectivity index (χ3n) is 2.09. The van der Waals surface area contributed by atoms with E-state index in [2.05, 4.69) is 34.5 Å². The first kappa shape index (κ1) is 6.64. The Hall–Kier alpha value is -0.0600. The van der Waals surface area contributed by atoms with Gasteiger partial charge in [-0.15, -0.1) is 0 Å². The first-order valence-electron chi connectivity index (χ1n) is 3.32. The predicted molar refractivity (Wildman–Crippen MR) is 45.8 cm³/mol. The van der Waals surface area contributed by atoms with Crippen molar-refractivity contribution in [2.75, 3.05) is 0 Å². The van der Waals surface area contributed by atoms with E-state index in [1.807, 2.05) is 0 Å². The topological polar surface area (TPSA) is 26.0 Å². The van der Waals surface area contributed by atoms with E-state index in [-0.39, 0.29) is 0 Å². The summed E-state index contributed by atoms with van der Waals surface area (Å²) in [6.45, 7) is 2.22. The minimum atomic E-state index is 0.354. The number of aromatic nitrogens is 1. The molecule has 1 aliphatic carbocycles. The van der Waals surface area contributed by atoms with E-state index in [1.54, 1.807) is 6.26 Å². The zero-order valence-electron chi connectivity index (χ0n) is 5.72. The molecular formula is C7H8INO. The summed E-state index contributed by atoms with van der Waals surface area (Å²) < 4.78 is 5.86. The SMILES string of the molecule is CC1(c2coc(I)n2)CC1. The first-order valence-corrected chi connectivity index (χ1v) is 4.40. The molecular weight excluding hydrogens is 241 g/mol. The van der Waals surface area contributed by atoms with Crippen molar-refractivity contribution in [3.63, 3.8) is 0 Å². The van der Waals surface area contributed by atoms with Crippen molar-refractivity contribution in [3.8, 4) is 0 Å². The molecule has 0 aromatic carbocycles. The van der Waals surface area contributed by atoms with Crippen molar-refractivity contribution in [2.24, 2.45) is 0 Å². The van der Waals surface area contributed by atoms with Crippen LogP contribution in [0.3, 0.4) is 0 Å². The standard InChI is InChI=1S/C7H8INO/c1-7(2-3-7)5-4-10-6(8)9-5/h4H,2-3H2,1H3. The van der Waals surface area contributed by atoms with Crippen molar-refractivity contribution < 1.29 is 4.42 Å². The summed E-state index contributed by atoms with van der Waals surface area (Å²) in [5.41, 5.74) is 1.48. The Bertz CT molecular complexity index is 252. The van der Waals surface area contributed by atoms with Crippen molar-refractivity contribution >= 4 is 22.6 Å². The summed E-state index contributed by atoms with van der Waals surface area (Å²) in [6, 6.07) is 0. The van der Waals surface area contributed by atoms with Crippen LogP contribution in [0.1, 0.15) is 25.5 Å². The highest BCUT2D eigenvalue weighted by Gasteiger charge is 2.41. The summed E-state index contributed by atoms with van der Waals surface area (Å²) in [6.07, 6.45) is 4.29. The lowest BCUT2D eigenvalue weighted by atomic mass is 10.1. The second kappa shape index (κ2) is 1.96. The Kier molecular flexibility index (Phi) is 1.30. The predicted octanol–water partition coefficient (Wildman–Crippen LogP) is 2.33. The second-order valence-electron chi connectivity index (χ2n) is 3.05. The maximum absolute atomic E-state index is 5.11. The monoisotopic (exact) mass is 249 g/mol. The third kappa shape index (κ3) is 0.962. The zero-order chi connectivity index (χ0) is 7.19. The van der Waals surface area contributed by atoms with Crippen LogP contribution in [0.2, 0.25) is 0 Å². The van der Waals surface area contributed by atoms with Gasteiger partial charge in [-0.3, -0.25) is 0 Å². The van der Waals surface area contributed by atoms with Gasteiger partial charge in [0.05, 0.1) is 5.69 Å². The maximum Gasteiger partial charge on any atom is 0.257 e. The molecule has 0 amide bonds. The molecule has 3 heteroatoms. The lowest BCUT2D eigenvalue weighted by Crippen LogP contribution is -1.99. The molecule has 1 saturated carbocycles. The minimum absolute atomic E-state index is 0.354. The molecule has 1 aromatic rings. The highest BCUT2D eigenvalue weighted by molar-refractivity contribution is 14.1. The van der Waals surface area contributed by atoms with E-state index in [1.165, 1.54) is 12.8 Å². The second-order valence-corrected chi connectivity index (χ2v) is 3.97. The molecule has 1 aliphatic rings. The molecule has 0 bridgehead atoms. The van der Waals surface area contributed by atoms with E-state index >= 15 is 0 Å². The first-order chi connectivity index (χ1) is 4.71. The third-order valence-corrected chi connectivity index (χ3v) is 2.59. The number of rotatable bonds is 1. The molecule has 1 aromatic heterocycles. The van der Waals surface area contributed by atoms with Crippen molar-refractivity contribution in [3.05, 3.63) is 15.9 Å². The lowest BCUT2D eigenvalue weighted by Gasteiger charge is -1.98. The smallest absolute Gasteiger partial charge is 0.257 e. The summed E-state index contributed by atoms with van der Waals surface area (Å²) in [5, 5.41) is 0. The largest absolute Gasteiger partial charge is 0.440 e. The van der Waals surface area contributed by atoms with Crippen LogP contribution in [0.25, 0.3) is 0 Å². The fourth-order valence-corrected chi connectivity index (χ4v) is 1.36. The summed E-state index contributed by atoms with van der Waals surface area (Å²) >= 11 is 2.09. The molecule has 2 rings (SSSR count). The molecule has 0 spiro atoms. The van der Waals surface area contributed by atoms with Gasteiger partial charge in [0.15, 0.2) is 0 Å². The average molecular weight is 249 g/mol. The van der Waals surface area contributed by atoms with Gasteiger partial charge in [-0.05, 0) is 12.8 Å². The Labute approximate surface area is 73.2 Å². The molecule has 0 unspecified atom stereocenters. The van der Waals surface area contributed by atoms with Crippen LogP contribution in [-0.2, 0) is 5.41 Å². The van der Waals surface area contributed by atoms with Gasteiger partial charge < -0.3 is 4.42 Å². The fraction of sp³-hybridized carbons (Fsp3) is 0.571. The normalized spacial score (nSPS) is 21.0. The number of hydrogen-bond acceptors (Lipinski definition) is 2. The molecule has 10 heavy (non-hydrogen) atoms. The average Bonchev–Trinajstić information content (AvgIpc) is 2.45. The molecule has 0 radical (unpaired) electrons. The Morgan fingerprint density at radius 3 is 2.80 bits per heavy atom. The van der Waals surface area contributed by atoms with Crippen LogP contribution in [0, 0.1) is 3.90 Å². The van der Waals surface area contributed by atoms with E-state index in [9.17, 15) is 0 Å². The van der Waals surface area contributed by atoms with Gasteiger partial charge in [0, 0.05) is 28.0 Å². The summed E-state index contributed by atoms with van der Waals surface area (Å²) in [4.78, 5) is 4.26. The highest BCUT2D eigenvalue weighted by Crippen LogP contribution is 2.46. The Morgan fingerprint density at radius 1 is 1.70 bits per heavy atom. The van der Waals surface area contributed by atoms with E-state index in [4.69, 9.17) is 4.42 Å². The molecule has 0 saturated heterocycles. The molecule has 1 heterocycles. The summed E-state index contributed by atoms with van der Waals surface area (Å²) in [5.74, 6) is 0.